The van der Waals surface area contributed by atoms with Gasteiger partial charge >= 0.3 is 0 Å². The van der Waals surface area contributed by atoms with Gasteiger partial charge in [-0.05, 0) is 44.0 Å². The first-order valence-electron chi connectivity index (χ1n) is 7.84. The van der Waals surface area contributed by atoms with E-state index in [9.17, 15) is 0 Å². The zero-order chi connectivity index (χ0) is 14.7. The standard InChI is InChI=1S/C19H24N2/c1-15-10-11-19-17(13-15)9-6-12-21(19)14-18(20-2)16-7-4-3-5-8-16/h3-5,7-8,10-11,13,18,20H,6,9,12,14H2,1-2H3. The van der Waals surface area contributed by atoms with Gasteiger partial charge in [-0.15, -0.1) is 0 Å². The van der Waals surface area contributed by atoms with Crippen LogP contribution >= 0.6 is 0 Å². The Morgan fingerprint density at radius 3 is 2.71 bits per heavy atom. The van der Waals surface area contributed by atoms with Crippen LogP contribution in [0.25, 0.3) is 0 Å². The predicted octanol–water partition coefficient (Wildman–Crippen LogP) is 3.71. The molecule has 2 aromatic rings. The summed E-state index contributed by atoms with van der Waals surface area (Å²) < 4.78 is 0. The maximum Gasteiger partial charge on any atom is 0.0495 e. The summed E-state index contributed by atoms with van der Waals surface area (Å²) in [4.78, 5) is 2.53. The maximum atomic E-state index is 3.47. The molecule has 2 heteroatoms. The van der Waals surface area contributed by atoms with E-state index in [2.05, 4.69) is 72.7 Å². The molecule has 1 atom stereocenters. The van der Waals surface area contributed by atoms with Crippen LogP contribution in [0.1, 0.15) is 29.2 Å². The Hall–Kier alpha value is -1.80. The van der Waals surface area contributed by atoms with Crippen LogP contribution in [0.15, 0.2) is 48.5 Å². The summed E-state index contributed by atoms with van der Waals surface area (Å²) >= 11 is 0. The van der Waals surface area contributed by atoms with Crippen molar-refractivity contribution in [3.8, 4) is 0 Å². The Labute approximate surface area is 127 Å². The molecule has 21 heavy (non-hydrogen) atoms. The highest BCUT2D eigenvalue weighted by molar-refractivity contribution is 5.57. The summed E-state index contributed by atoms with van der Waals surface area (Å²) in [6.07, 6.45) is 2.46. The molecule has 1 heterocycles. The molecule has 3 rings (SSSR count). The van der Waals surface area contributed by atoms with Crippen molar-refractivity contribution in [2.45, 2.75) is 25.8 Å². The molecule has 2 aromatic carbocycles. The lowest BCUT2D eigenvalue weighted by molar-refractivity contribution is 0.556. The number of nitrogens with one attached hydrogen (secondary N) is 1. The highest BCUT2D eigenvalue weighted by atomic mass is 15.2. The maximum absolute atomic E-state index is 3.47. The average molecular weight is 280 g/mol. The molecule has 110 valence electrons. The molecule has 1 unspecified atom stereocenters. The van der Waals surface area contributed by atoms with Crippen molar-refractivity contribution in [1.29, 1.82) is 0 Å². The predicted molar refractivity (Wildman–Crippen MR) is 90.0 cm³/mol. The van der Waals surface area contributed by atoms with Crippen LogP contribution in [-0.4, -0.2) is 20.1 Å². The van der Waals surface area contributed by atoms with Crippen LogP contribution < -0.4 is 10.2 Å². The first-order valence-corrected chi connectivity index (χ1v) is 7.84. The number of aryl methyl sites for hydroxylation is 2. The molecule has 2 nitrogen and oxygen atoms in total. The van der Waals surface area contributed by atoms with Gasteiger partial charge in [-0.2, -0.15) is 0 Å². The molecule has 0 saturated heterocycles. The molecule has 0 bridgehead atoms. The van der Waals surface area contributed by atoms with E-state index in [4.69, 9.17) is 0 Å². The van der Waals surface area contributed by atoms with Crippen molar-refractivity contribution in [3.63, 3.8) is 0 Å². The van der Waals surface area contributed by atoms with Gasteiger partial charge in [-0.3, -0.25) is 0 Å². The third-order valence-electron chi connectivity index (χ3n) is 4.40. The summed E-state index contributed by atoms with van der Waals surface area (Å²) in [5.41, 5.74) is 5.65. The van der Waals surface area contributed by atoms with Gasteiger partial charge in [0, 0.05) is 24.8 Å². The minimum absolute atomic E-state index is 0.374. The Morgan fingerprint density at radius 1 is 1.14 bits per heavy atom. The zero-order valence-electron chi connectivity index (χ0n) is 13.0. The fourth-order valence-electron chi connectivity index (χ4n) is 3.26. The Kier molecular flexibility index (Phi) is 4.26. The number of hydrogen-bond donors (Lipinski definition) is 1. The molecular formula is C19H24N2. The van der Waals surface area contributed by atoms with Crippen LogP contribution in [0.4, 0.5) is 5.69 Å². The van der Waals surface area contributed by atoms with Crippen LogP contribution in [-0.2, 0) is 6.42 Å². The van der Waals surface area contributed by atoms with Crippen molar-refractivity contribution >= 4 is 5.69 Å². The Bertz CT molecular complexity index is 592. The SMILES string of the molecule is CNC(CN1CCCc2cc(C)ccc21)c1ccccc1. The lowest BCUT2D eigenvalue weighted by Crippen LogP contribution is -2.37. The van der Waals surface area contributed by atoms with Crippen molar-refractivity contribution < 1.29 is 0 Å². The molecule has 0 saturated carbocycles. The molecule has 0 aliphatic carbocycles. The van der Waals surface area contributed by atoms with Gasteiger partial charge in [0.15, 0.2) is 0 Å². The molecule has 0 fully saturated rings. The van der Waals surface area contributed by atoms with Gasteiger partial charge in [0.2, 0.25) is 0 Å². The number of fused-ring (bicyclic) bond motifs is 1. The van der Waals surface area contributed by atoms with E-state index in [1.165, 1.54) is 35.2 Å². The molecule has 1 aliphatic heterocycles. The van der Waals surface area contributed by atoms with Crippen LogP contribution in [0.5, 0.6) is 0 Å². The summed E-state index contributed by atoms with van der Waals surface area (Å²) in [5.74, 6) is 0. The summed E-state index contributed by atoms with van der Waals surface area (Å²) in [6.45, 7) is 4.36. The van der Waals surface area contributed by atoms with Crippen LogP contribution in [0.3, 0.4) is 0 Å². The second-order valence-electron chi connectivity index (χ2n) is 5.93. The molecule has 0 spiro atoms. The lowest BCUT2D eigenvalue weighted by atomic mass is 9.98. The molecule has 0 aromatic heterocycles. The van der Waals surface area contributed by atoms with E-state index < -0.39 is 0 Å². The van der Waals surface area contributed by atoms with E-state index >= 15 is 0 Å². The minimum atomic E-state index is 0.374. The highest BCUT2D eigenvalue weighted by Gasteiger charge is 2.20. The molecule has 0 amide bonds. The van der Waals surface area contributed by atoms with Crippen LogP contribution in [0.2, 0.25) is 0 Å². The third-order valence-corrected chi connectivity index (χ3v) is 4.40. The van der Waals surface area contributed by atoms with Crippen molar-refractivity contribution in [1.82, 2.24) is 5.32 Å². The number of likely N-dealkylation sites (N-methyl/N-ethyl adjacent to an activating group) is 1. The molecule has 1 aliphatic rings. The summed E-state index contributed by atoms with van der Waals surface area (Å²) in [5, 5.41) is 3.47. The van der Waals surface area contributed by atoms with Crippen molar-refractivity contribution in [2.75, 3.05) is 25.0 Å². The van der Waals surface area contributed by atoms with E-state index in [1.807, 2.05) is 0 Å². The highest BCUT2D eigenvalue weighted by Crippen LogP contribution is 2.29. The van der Waals surface area contributed by atoms with Gasteiger partial charge in [-0.25, -0.2) is 0 Å². The van der Waals surface area contributed by atoms with Gasteiger partial charge in [0.1, 0.15) is 0 Å². The second kappa shape index (κ2) is 6.31. The monoisotopic (exact) mass is 280 g/mol. The van der Waals surface area contributed by atoms with Crippen molar-refractivity contribution in [3.05, 3.63) is 65.2 Å². The number of rotatable bonds is 4. The van der Waals surface area contributed by atoms with Crippen LogP contribution in [0, 0.1) is 6.92 Å². The Morgan fingerprint density at radius 2 is 1.95 bits per heavy atom. The van der Waals surface area contributed by atoms with Gasteiger partial charge in [0.25, 0.3) is 0 Å². The average Bonchev–Trinajstić information content (AvgIpc) is 2.53. The lowest BCUT2D eigenvalue weighted by Gasteiger charge is -2.34. The first kappa shape index (κ1) is 14.2. The number of benzene rings is 2. The normalized spacial score (nSPS) is 15.6. The summed E-state index contributed by atoms with van der Waals surface area (Å²) in [6, 6.07) is 18.0. The first-order chi connectivity index (χ1) is 10.3. The molecule has 0 radical (unpaired) electrons. The molecule has 1 N–H and O–H groups in total. The van der Waals surface area contributed by atoms with E-state index in [0.717, 1.165) is 13.1 Å². The smallest absolute Gasteiger partial charge is 0.0495 e. The Balaban J connectivity index is 1.82. The van der Waals surface area contributed by atoms with E-state index in [-0.39, 0.29) is 0 Å². The van der Waals surface area contributed by atoms with Gasteiger partial charge in [-0.1, -0.05) is 48.0 Å². The fourth-order valence-corrected chi connectivity index (χ4v) is 3.26. The number of anilines is 1. The van der Waals surface area contributed by atoms with E-state index in [1.54, 1.807) is 0 Å². The topological polar surface area (TPSA) is 15.3 Å². The fraction of sp³-hybridized carbons (Fsp3) is 0.368. The molecular weight excluding hydrogens is 256 g/mol. The largest absolute Gasteiger partial charge is 0.369 e. The van der Waals surface area contributed by atoms with Gasteiger partial charge < -0.3 is 10.2 Å². The number of hydrogen-bond acceptors (Lipinski definition) is 2. The van der Waals surface area contributed by atoms with E-state index in [0.29, 0.717) is 6.04 Å². The second-order valence-corrected chi connectivity index (χ2v) is 5.93. The van der Waals surface area contributed by atoms with Crippen molar-refractivity contribution in [2.24, 2.45) is 0 Å². The number of nitrogens with zero attached hydrogens (tertiary/aromatic N) is 1. The third kappa shape index (κ3) is 3.11. The quantitative estimate of drug-likeness (QED) is 0.918. The summed E-state index contributed by atoms with van der Waals surface area (Å²) in [7, 11) is 2.05. The minimum Gasteiger partial charge on any atom is -0.369 e. The van der Waals surface area contributed by atoms with Gasteiger partial charge in [0.05, 0.1) is 0 Å². The zero-order valence-corrected chi connectivity index (χ0v) is 13.0.